The summed E-state index contributed by atoms with van der Waals surface area (Å²) in [4.78, 5) is 2.42. The summed E-state index contributed by atoms with van der Waals surface area (Å²) in [6, 6.07) is 10.7. The third-order valence-electron chi connectivity index (χ3n) is 3.03. The lowest BCUT2D eigenvalue weighted by molar-refractivity contribution is 0.278. The number of hydrogen-bond donors (Lipinski definition) is 1. The molecule has 0 spiro atoms. The number of hydrogen-bond acceptors (Lipinski definition) is 2. The molecule has 1 aromatic carbocycles. The highest BCUT2D eigenvalue weighted by Gasteiger charge is 2.15. The molecule has 1 N–H and O–H groups in total. The molecule has 2 nitrogen and oxygen atoms in total. The van der Waals surface area contributed by atoms with Crippen LogP contribution in [0.3, 0.4) is 0 Å². The van der Waals surface area contributed by atoms with Gasteiger partial charge in [0.1, 0.15) is 0 Å². The van der Waals surface area contributed by atoms with Gasteiger partial charge in [0.2, 0.25) is 0 Å². The van der Waals surface area contributed by atoms with Gasteiger partial charge in [-0.25, -0.2) is 0 Å². The van der Waals surface area contributed by atoms with Crippen LogP contribution in [0.15, 0.2) is 30.3 Å². The highest BCUT2D eigenvalue weighted by atomic mass is 15.1. The molecule has 0 aromatic heterocycles. The second-order valence-corrected chi connectivity index (χ2v) is 4.54. The van der Waals surface area contributed by atoms with Crippen molar-refractivity contribution < 1.29 is 0 Å². The molecule has 1 aromatic rings. The van der Waals surface area contributed by atoms with E-state index < -0.39 is 0 Å². The Bertz CT molecular complexity index is 278. The molecule has 0 amide bonds. The lowest BCUT2D eigenvalue weighted by atomic mass is 10.1. The van der Waals surface area contributed by atoms with Gasteiger partial charge in [0.15, 0.2) is 0 Å². The highest BCUT2D eigenvalue weighted by Crippen LogP contribution is 2.10. The minimum absolute atomic E-state index is 0.846. The van der Waals surface area contributed by atoms with Crippen LogP contribution in [0.4, 0.5) is 0 Å². The van der Waals surface area contributed by atoms with Gasteiger partial charge in [0, 0.05) is 13.1 Å². The summed E-state index contributed by atoms with van der Waals surface area (Å²) in [6.07, 6.45) is 1.33. The van der Waals surface area contributed by atoms with Crippen LogP contribution in [0.5, 0.6) is 0 Å². The third-order valence-corrected chi connectivity index (χ3v) is 3.03. The molecule has 0 aliphatic carbocycles. The fourth-order valence-corrected chi connectivity index (χ4v) is 2.27. The lowest BCUT2D eigenvalue weighted by Crippen LogP contribution is -2.26. The molecule has 0 saturated carbocycles. The molecule has 1 heterocycles. The summed E-state index contributed by atoms with van der Waals surface area (Å²) in [7, 11) is 2.21. The second kappa shape index (κ2) is 5.29. The Morgan fingerprint density at radius 3 is 2.80 bits per heavy atom. The molecule has 2 rings (SSSR count). The van der Waals surface area contributed by atoms with Crippen molar-refractivity contribution in [1.82, 2.24) is 10.2 Å². The summed E-state index contributed by atoms with van der Waals surface area (Å²) in [5.74, 6) is 0.846. The fraction of sp³-hybridized carbons (Fsp3) is 0.538. The molecule has 0 unspecified atom stereocenters. The highest BCUT2D eigenvalue weighted by molar-refractivity contribution is 5.14. The first-order chi connectivity index (χ1) is 7.34. The SMILES string of the molecule is CN(Cc1ccccc1)C[C@@H]1CCNC1. The summed E-state index contributed by atoms with van der Waals surface area (Å²) in [5.41, 5.74) is 1.41. The van der Waals surface area contributed by atoms with Gasteiger partial charge in [-0.2, -0.15) is 0 Å². The van der Waals surface area contributed by atoms with E-state index in [1.54, 1.807) is 0 Å². The number of rotatable bonds is 4. The number of nitrogens with one attached hydrogen (secondary N) is 1. The van der Waals surface area contributed by atoms with Crippen molar-refractivity contribution in [2.75, 3.05) is 26.7 Å². The van der Waals surface area contributed by atoms with Crippen LogP contribution in [-0.4, -0.2) is 31.6 Å². The van der Waals surface area contributed by atoms with Crippen molar-refractivity contribution in [2.24, 2.45) is 5.92 Å². The van der Waals surface area contributed by atoms with E-state index in [1.165, 1.54) is 31.6 Å². The molecule has 0 radical (unpaired) electrons. The van der Waals surface area contributed by atoms with Crippen LogP contribution in [0.1, 0.15) is 12.0 Å². The Hall–Kier alpha value is -0.860. The first-order valence-electron chi connectivity index (χ1n) is 5.78. The van der Waals surface area contributed by atoms with Gasteiger partial charge < -0.3 is 10.2 Å². The fourth-order valence-electron chi connectivity index (χ4n) is 2.27. The van der Waals surface area contributed by atoms with Crippen LogP contribution in [0.25, 0.3) is 0 Å². The smallest absolute Gasteiger partial charge is 0.0230 e. The Balaban J connectivity index is 1.79. The standard InChI is InChI=1S/C13H20N2/c1-15(11-13-7-8-14-9-13)10-12-5-3-2-4-6-12/h2-6,13-14H,7-11H2,1H3/t13-/m1/s1. The van der Waals surface area contributed by atoms with E-state index in [0.29, 0.717) is 0 Å². The molecule has 1 fully saturated rings. The van der Waals surface area contributed by atoms with Gasteiger partial charge in [-0.15, -0.1) is 0 Å². The molecule has 15 heavy (non-hydrogen) atoms. The van der Waals surface area contributed by atoms with Gasteiger partial charge in [0.05, 0.1) is 0 Å². The van der Waals surface area contributed by atoms with E-state index in [-0.39, 0.29) is 0 Å². The van der Waals surface area contributed by atoms with Gasteiger partial charge >= 0.3 is 0 Å². The molecular formula is C13H20N2. The number of benzene rings is 1. The van der Waals surface area contributed by atoms with Crippen LogP contribution in [-0.2, 0) is 6.54 Å². The van der Waals surface area contributed by atoms with Crippen molar-refractivity contribution in [1.29, 1.82) is 0 Å². The van der Waals surface area contributed by atoms with Gasteiger partial charge in [-0.3, -0.25) is 0 Å². The van der Waals surface area contributed by atoms with Crippen LogP contribution in [0.2, 0.25) is 0 Å². The molecule has 0 bridgehead atoms. The Morgan fingerprint density at radius 1 is 1.33 bits per heavy atom. The van der Waals surface area contributed by atoms with E-state index in [4.69, 9.17) is 0 Å². The summed E-state index contributed by atoms with van der Waals surface area (Å²) < 4.78 is 0. The first-order valence-corrected chi connectivity index (χ1v) is 5.78. The van der Waals surface area contributed by atoms with Crippen molar-refractivity contribution in [3.63, 3.8) is 0 Å². The molecule has 1 aliphatic heterocycles. The van der Waals surface area contributed by atoms with Gasteiger partial charge in [-0.05, 0) is 38.0 Å². The summed E-state index contributed by atoms with van der Waals surface area (Å²) in [5, 5.41) is 3.41. The molecule has 1 saturated heterocycles. The van der Waals surface area contributed by atoms with Gasteiger partial charge in [0.25, 0.3) is 0 Å². The van der Waals surface area contributed by atoms with E-state index in [2.05, 4.69) is 47.6 Å². The molecule has 1 aliphatic rings. The predicted molar refractivity (Wildman–Crippen MR) is 63.8 cm³/mol. The van der Waals surface area contributed by atoms with E-state index >= 15 is 0 Å². The molecular weight excluding hydrogens is 184 g/mol. The Kier molecular flexibility index (Phi) is 3.75. The summed E-state index contributed by atoms with van der Waals surface area (Å²) in [6.45, 7) is 4.67. The summed E-state index contributed by atoms with van der Waals surface area (Å²) >= 11 is 0. The topological polar surface area (TPSA) is 15.3 Å². The van der Waals surface area contributed by atoms with Crippen LogP contribution in [0, 0.1) is 5.92 Å². The minimum atomic E-state index is 0.846. The van der Waals surface area contributed by atoms with Crippen molar-refractivity contribution in [2.45, 2.75) is 13.0 Å². The molecule has 2 heteroatoms. The Morgan fingerprint density at radius 2 is 2.13 bits per heavy atom. The minimum Gasteiger partial charge on any atom is -0.316 e. The maximum atomic E-state index is 3.41. The lowest BCUT2D eigenvalue weighted by Gasteiger charge is -2.20. The second-order valence-electron chi connectivity index (χ2n) is 4.54. The number of nitrogens with zero attached hydrogens (tertiary/aromatic N) is 1. The predicted octanol–water partition coefficient (Wildman–Crippen LogP) is 1.73. The zero-order chi connectivity index (χ0) is 10.5. The monoisotopic (exact) mass is 204 g/mol. The van der Waals surface area contributed by atoms with Gasteiger partial charge in [-0.1, -0.05) is 30.3 Å². The largest absolute Gasteiger partial charge is 0.316 e. The third kappa shape index (κ3) is 3.33. The zero-order valence-electron chi connectivity index (χ0n) is 9.45. The van der Waals surface area contributed by atoms with Crippen molar-refractivity contribution in [3.05, 3.63) is 35.9 Å². The average Bonchev–Trinajstić information content (AvgIpc) is 2.71. The maximum absolute atomic E-state index is 3.41. The van der Waals surface area contributed by atoms with Crippen molar-refractivity contribution in [3.8, 4) is 0 Å². The van der Waals surface area contributed by atoms with Crippen LogP contribution < -0.4 is 5.32 Å². The van der Waals surface area contributed by atoms with E-state index in [9.17, 15) is 0 Å². The zero-order valence-corrected chi connectivity index (χ0v) is 9.45. The van der Waals surface area contributed by atoms with Crippen molar-refractivity contribution >= 4 is 0 Å². The van der Waals surface area contributed by atoms with E-state index in [0.717, 1.165) is 12.5 Å². The average molecular weight is 204 g/mol. The Labute approximate surface area is 92.3 Å². The quantitative estimate of drug-likeness (QED) is 0.803. The molecule has 82 valence electrons. The van der Waals surface area contributed by atoms with E-state index in [1.807, 2.05) is 0 Å². The molecule has 1 atom stereocenters. The van der Waals surface area contributed by atoms with Crippen LogP contribution >= 0.6 is 0 Å². The maximum Gasteiger partial charge on any atom is 0.0230 e. The first kappa shape index (κ1) is 10.7. The normalized spacial score (nSPS) is 21.1.